The monoisotopic (exact) mass is 377 g/mol. The number of hydrogen-bond acceptors (Lipinski definition) is 2. The molecule has 0 bridgehead atoms. The molecule has 0 radical (unpaired) electrons. The van der Waals surface area contributed by atoms with Crippen molar-refractivity contribution >= 4 is 17.6 Å². The first-order valence-electron chi connectivity index (χ1n) is 10.2. The average molecular weight is 377 g/mol. The Morgan fingerprint density at radius 2 is 1.71 bits per heavy atom. The van der Waals surface area contributed by atoms with Gasteiger partial charge in [0.15, 0.2) is 0 Å². The van der Waals surface area contributed by atoms with Crippen LogP contribution in [0.1, 0.15) is 42.9 Å². The molecule has 2 aromatic rings. The Morgan fingerprint density at radius 1 is 0.929 bits per heavy atom. The molecular weight excluding hydrogens is 350 g/mol. The first-order chi connectivity index (χ1) is 13.7. The highest BCUT2D eigenvalue weighted by Crippen LogP contribution is 2.30. The van der Waals surface area contributed by atoms with Gasteiger partial charge < -0.3 is 15.5 Å². The van der Waals surface area contributed by atoms with Crippen molar-refractivity contribution in [1.29, 1.82) is 0 Å². The number of likely N-dealkylation sites (tertiary alicyclic amines) is 1. The Morgan fingerprint density at radius 3 is 2.57 bits per heavy atom. The minimum absolute atomic E-state index is 0.0684. The number of piperidine rings is 1. The van der Waals surface area contributed by atoms with Crippen molar-refractivity contribution in [3.05, 3.63) is 65.7 Å². The normalized spacial score (nSPS) is 21.5. The highest BCUT2D eigenvalue weighted by molar-refractivity contribution is 5.90. The summed E-state index contributed by atoms with van der Waals surface area (Å²) in [5.74, 6) is -0.0803. The van der Waals surface area contributed by atoms with Gasteiger partial charge in [0.2, 0.25) is 5.91 Å². The van der Waals surface area contributed by atoms with Crippen molar-refractivity contribution in [2.45, 2.75) is 38.1 Å². The molecule has 3 amide bonds. The zero-order valence-electron chi connectivity index (χ0n) is 16.1. The molecule has 5 nitrogen and oxygen atoms in total. The summed E-state index contributed by atoms with van der Waals surface area (Å²) in [6.07, 6.45) is 4.84. The van der Waals surface area contributed by atoms with E-state index >= 15 is 0 Å². The first-order valence-corrected chi connectivity index (χ1v) is 10.2. The van der Waals surface area contributed by atoms with Crippen LogP contribution in [0.15, 0.2) is 54.6 Å². The van der Waals surface area contributed by atoms with Crippen molar-refractivity contribution in [2.75, 3.05) is 18.4 Å². The lowest BCUT2D eigenvalue weighted by Gasteiger charge is -2.34. The molecule has 2 aromatic carbocycles. The van der Waals surface area contributed by atoms with E-state index in [4.69, 9.17) is 0 Å². The van der Waals surface area contributed by atoms with Gasteiger partial charge in [-0.25, -0.2) is 4.79 Å². The van der Waals surface area contributed by atoms with Crippen LogP contribution in [0.5, 0.6) is 0 Å². The Labute approximate surface area is 166 Å². The summed E-state index contributed by atoms with van der Waals surface area (Å²) >= 11 is 0. The van der Waals surface area contributed by atoms with Crippen LogP contribution in [0.2, 0.25) is 0 Å². The van der Waals surface area contributed by atoms with Crippen molar-refractivity contribution in [3.8, 4) is 0 Å². The molecule has 0 saturated carbocycles. The molecule has 1 fully saturated rings. The van der Waals surface area contributed by atoms with Gasteiger partial charge in [0.1, 0.15) is 0 Å². The lowest BCUT2D eigenvalue weighted by Crippen LogP contribution is -2.47. The van der Waals surface area contributed by atoms with Crippen LogP contribution in [-0.2, 0) is 11.2 Å². The third kappa shape index (κ3) is 4.19. The van der Waals surface area contributed by atoms with Gasteiger partial charge >= 0.3 is 6.03 Å². The maximum Gasteiger partial charge on any atom is 0.321 e. The number of aryl methyl sites for hydroxylation is 1. The summed E-state index contributed by atoms with van der Waals surface area (Å²) in [6, 6.07) is 17.8. The van der Waals surface area contributed by atoms with E-state index in [9.17, 15) is 9.59 Å². The molecule has 1 aliphatic heterocycles. The molecule has 0 spiro atoms. The van der Waals surface area contributed by atoms with E-state index in [1.807, 2.05) is 36.4 Å². The van der Waals surface area contributed by atoms with Gasteiger partial charge in [-0.1, -0.05) is 42.5 Å². The summed E-state index contributed by atoms with van der Waals surface area (Å²) < 4.78 is 0. The van der Waals surface area contributed by atoms with Crippen molar-refractivity contribution in [1.82, 2.24) is 10.2 Å². The van der Waals surface area contributed by atoms with Gasteiger partial charge in [0.05, 0.1) is 12.0 Å². The number of carbonyl (C=O) groups excluding carboxylic acids is 2. The number of rotatable bonds is 3. The van der Waals surface area contributed by atoms with Gasteiger partial charge in [0, 0.05) is 18.8 Å². The number of nitrogens with one attached hydrogen (secondary N) is 2. The largest absolute Gasteiger partial charge is 0.349 e. The van der Waals surface area contributed by atoms with E-state index in [0.29, 0.717) is 13.1 Å². The van der Waals surface area contributed by atoms with E-state index in [1.165, 1.54) is 11.1 Å². The molecule has 4 rings (SSSR count). The van der Waals surface area contributed by atoms with Gasteiger partial charge in [-0.3, -0.25) is 4.79 Å². The Balaban J connectivity index is 1.37. The standard InChI is InChI=1S/C23H27N3O2/c27-22(25-21-14-6-9-17-8-4-5-13-20(17)21)18-10-7-15-26(16-18)23(28)24-19-11-2-1-3-12-19/h1-5,8,11-13,18,21H,6-7,9-10,14-16H2,(H,24,28)(H,25,27)/t18-,21+/m0/s1. The zero-order chi connectivity index (χ0) is 19.3. The molecule has 2 aliphatic rings. The SMILES string of the molecule is O=C(N[C@@H]1CCCc2ccccc21)[C@H]1CCCN(C(=O)Nc2ccccc2)C1. The molecule has 1 aliphatic carbocycles. The quantitative estimate of drug-likeness (QED) is 0.845. The summed E-state index contributed by atoms with van der Waals surface area (Å²) in [6.45, 7) is 1.16. The van der Waals surface area contributed by atoms with Crippen LogP contribution in [0.25, 0.3) is 0 Å². The number of anilines is 1. The van der Waals surface area contributed by atoms with Crippen molar-refractivity contribution in [3.63, 3.8) is 0 Å². The fourth-order valence-corrected chi connectivity index (χ4v) is 4.29. The number of carbonyl (C=O) groups is 2. The van der Waals surface area contributed by atoms with Crippen LogP contribution < -0.4 is 10.6 Å². The summed E-state index contributed by atoms with van der Waals surface area (Å²) in [4.78, 5) is 27.3. The molecule has 1 saturated heterocycles. The smallest absolute Gasteiger partial charge is 0.321 e. The van der Waals surface area contributed by atoms with E-state index in [1.54, 1.807) is 4.90 Å². The van der Waals surface area contributed by atoms with Crippen molar-refractivity contribution in [2.24, 2.45) is 5.92 Å². The lowest BCUT2D eigenvalue weighted by atomic mass is 9.87. The van der Waals surface area contributed by atoms with Gasteiger partial charge in [0.25, 0.3) is 0 Å². The number of amides is 3. The van der Waals surface area contributed by atoms with Crippen LogP contribution in [-0.4, -0.2) is 29.9 Å². The third-order valence-corrected chi connectivity index (χ3v) is 5.79. The second-order valence-electron chi connectivity index (χ2n) is 7.73. The van der Waals surface area contributed by atoms with E-state index in [-0.39, 0.29) is 23.9 Å². The van der Waals surface area contributed by atoms with Crippen molar-refractivity contribution < 1.29 is 9.59 Å². The maximum atomic E-state index is 12.9. The second-order valence-corrected chi connectivity index (χ2v) is 7.73. The minimum Gasteiger partial charge on any atom is -0.349 e. The lowest BCUT2D eigenvalue weighted by molar-refractivity contribution is -0.127. The van der Waals surface area contributed by atoms with E-state index in [2.05, 4.69) is 28.8 Å². The molecule has 0 aromatic heterocycles. The summed E-state index contributed by atoms with van der Waals surface area (Å²) in [7, 11) is 0. The van der Waals surface area contributed by atoms with Crippen LogP contribution >= 0.6 is 0 Å². The van der Waals surface area contributed by atoms with Gasteiger partial charge in [-0.15, -0.1) is 0 Å². The van der Waals surface area contributed by atoms with Gasteiger partial charge in [-0.2, -0.15) is 0 Å². The number of fused-ring (bicyclic) bond motifs is 1. The Bertz CT molecular complexity index is 837. The molecular formula is C23H27N3O2. The number of nitrogens with zero attached hydrogens (tertiary/aromatic N) is 1. The third-order valence-electron chi connectivity index (χ3n) is 5.79. The molecule has 5 heteroatoms. The van der Waals surface area contributed by atoms with E-state index < -0.39 is 0 Å². The number of para-hydroxylation sites is 1. The number of urea groups is 1. The zero-order valence-corrected chi connectivity index (χ0v) is 16.1. The minimum atomic E-state index is -0.149. The molecule has 146 valence electrons. The average Bonchev–Trinajstić information content (AvgIpc) is 2.75. The van der Waals surface area contributed by atoms with Crippen LogP contribution in [0, 0.1) is 5.92 Å². The Hall–Kier alpha value is -2.82. The van der Waals surface area contributed by atoms with Gasteiger partial charge in [-0.05, 0) is 55.4 Å². The number of hydrogen-bond donors (Lipinski definition) is 2. The highest BCUT2D eigenvalue weighted by atomic mass is 16.2. The van der Waals surface area contributed by atoms with E-state index in [0.717, 1.165) is 37.8 Å². The second kappa shape index (κ2) is 8.46. The van der Waals surface area contributed by atoms with Crippen LogP contribution in [0.3, 0.4) is 0 Å². The molecule has 1 heterocycles. The number of benzene rings is 2. The fraction of sp³-hybridized carbons (Fsp3) is 0.391. The van der Waals surface area contributed by atoms with Crippen LogP contribution in [0.4, 0.5) is 10.5 Å². The maximum absolute atomic E-state index is 12.9. The first kappa shape index (κ1) is 18.5. The topological polar surface area (TPSA) is 61.4 Å². The fourth-order valence-electron chi connectivity index (χ4n) is 4.29. The highest BCUT2D eigenvalue weighted by Gasteiger charge is 2.30. The summed E-state index contributed by atoms with van der Waals surface area (Å²) in [5, 5.41) is 6.18. The summed E-state index contributed by atoms with van der Waals surface area (Å²) in [5.41, 5.74) is 3.36. The predicted octanol–water partition coefficient (Wildman–Crippen LogP) is 4.12. The molecule has 28 heavy (non-hydrogen) atoms. The molecule has 2 N–H and O–H groups in total. The predicted molar refractivity (Wildman–Crippen MR) is 110 cm³/mol. The molecule has 0 unspecified atom stereocenters. The Kier molecular flexibility index (Phi) is 5.60. The molecule has 2 atom stereocenters.